The molecule has 2 unspecified atom stereocenters. The number of hydrogen-bond donors (Lipinski definition) is 2. The first-order valence-corrected chi connectivity index (χ1v) is 7.96. The monoisotopic (exact) mass is 326 g/mol. The van der Waals surface area contributed by atoms with Gasteiger partial charge in [-0.1, -0.05) is 12.8 Å². The van der Waals surface area contributed by atoms with Crippen LogP contribution in [0.3, 0.4) is 0 Å². The molecule has 0 aromatic heterocycles. The van der Waals surface area contributed by atoms with Crippen LogP contribution in [0.1, 0.15) is 38.5 Å². The number of nitro benzene ring substituents is 1. The third-order valence-corrected chi connectivity index (χ3v) is 4.39. The predicted octanol–water partition coefficient (Wildman–Crippen LogP) is 3.49. The van der Waals surface area contributed by atoms with Crippen molar-refractivity contribution in [1.29, 1.82) is 0 Å². The number of methoxy groups -OCH3 is 1. The summed E-state index contributed by atoms with van der Waals surface area (Å²) >= 11 is 0. The number of aliphatic hydroxyl groups excluding tert-OH is 1. The third-order valence-electron chi connectivity index (χ3n) is 4.39. The number of nitro groups is 1. The van der Waals surface area contributed by atoms with Crippen molar-refractivity contribution in [2.24, 2.45) is 5.92 Å². The van der Waals surface area contributed by atoms with Crippen LogP contribution in [0, 0.1) is 21.8 Å². The molecule has 0 spiro atoms. The fourth-order valence-corrected chi connectivity index (χ4v) is 3.12. The van der Waals surface area contributed by atoms with E-state index < -0.39 is 16.4 Å². The molecule has 0 aliphatic heterocycles. The van der Waals surface area contributed by atoms with E-state index in [0.29, 0.717) is 12.5 Å². The minimum absolute atomic E-state index is 0.121. The van der Waals surface area contributed by atoms with Crippen LogP contribution in [0.15, 0.2) is 12.1 Å². The first kappa shape index (κ1) is 17.5. The molecular weight excluding hydrogens is 303 g/mol. The van der Waals surface area contributed by atoms with E-state index in [-0.39, 0.29) is 17.5 Å². The van der Waals surface area contributed by atoms with Gasteiger partial charge in [0, 0.05) is 18.7 Å². The molecule has 1 aromatic rings. The molecule has 1 fully saturated rings. The Morgan fingerprint density at radius 2 is 2.17 bits per heavy atom. The van der Waals surface area contributed by atoms with Gasteiger partial charge >= 0.3 is 5.69 Å². The van der Waals surface area contributed by atoms with Crippen LogP contribution in [0.2, 0.25) is 0 Å². The van der Waals surface area contributed by atoms with Crippen molar-refractivity contribution in [1.82, 2.24) is 0 Å². The number of nitrogens with zero attached hydrogens (tertiary/aromatic N) is 1. The SMILES string of the molecule is COc1cc(F)c([N+](=O)[O-])c(NCCCC2CCCCC2O)c1. The smallest absolute Gasteiger partial charge is 0.327 e. The van der Waals surface area contributed by atoms with E-state index in [4.69, 9.17) is 4.74 Å². The van der Waals surface area contributed by atoms with Crippen LogP contribution in [0.4, 0.5) is 15.8 Å². The molecule has 1 saturated carbocycles. The van der Waals surface area contributed by atoms with E-state index in [1.165, 1.54) is 13.2 Å². The summed E-state index contributed by atoms with van der Waals surface area (Å²) in [4.78, 5) is 10.3. The van der Waals surface area contributed by atoms with Gasteiger partial charge in [0.15, 0.2) is 0 Å². The summed E-state index contributed by atoms with van der Waals surface area (Å²) < 4.78 is 18.8. The van der Waals surface area contributed by atoms with Gasteiger partial charge in [0.25, 0.3) is 0 Å². The van der Waals surface area contributed by atoms with Crippen LogP contribution < -0.4 is 10.1 Å². The Kier molecular flexibility index (Phi) is 6.15. The minimum Gasteiger partial charge on any atom is -0.497 e. The van der Waals surface area contributed by atoms with E-state index in [1.54, 1.807) is 0 Å². The third kappa shape index (κ3) is 4.54. The molecule has 128 valence electrons. The zero-order valence-electron chi connectivity index (χ0n) is 13.3. The highest BCUT2D eigenvalue weighted by atomic mass is 19.1. The number of rotatable bonds is 7. The Morgan fingerprint density at radius 1 is 1.43 bits per heavy atom. The number of nitrogens with one attached hydrogen (secondary N) is 1. The van der Waals surface area contributed by atoms with Crippen molar-refractivity contribution in [2.45, 2.75) is 44.6 Å². The average molecular weight is 326 g/mol. The van der Waals surface area contributed by atoms with Gasteiger partial charge in [-0.2, -0.15) is 4.39 Å². The highest BCUT2D eigenvalue weighted by molar-refractivity contribution is 5.65. The molecule has 0 saturated heterocycles. The number of anilines is 1. The fraction of sp³-hybridized carbons (Fsp3) is 0.625. The van der Waals surface area contributed by atoms with E-state index in [9.17, 15) is 19.6 Å². The number of benzene rings is 1. The molecule has 1 aliphatic carbocycles. The van der Waals surface area contributed by atoms with Crippen molar-refractivity contribution in [3.63, 3.8) is 0 Å². The average Bonchev–Trinajstić information content (AvgIpc) is 2.52. The lowest BCUT2D eigenvalue weighted by molar-refractivity contribution is -0.386. The topological polar surface area (TPSA) is 84.6 Å². The molecule has 0 radical (unpaired) electrons. The molecule has 0 amide bonds. The molecule has 7 heteroatoms. The Labute approximate surface area is 134 Å². The van der Waals surface area contributed by atoms with Crippen molar-refractivity contribution in [2.75, 3.05) is 19.0 Å². The fourth-order valence-electron chi connectivity index (χ4n) is 3.12. The van der Waals surface area contributed by atoms with Crippen molar-refractivity contribution >= 4 is 11.4 Å². The summed E-state index contributed by atoms with van der Waals surface area (Å²) in [6, 6.07) is 2.43. The molecule has 2 rings (SSSR count). The lowest BCUT2D eigenvalue weighted by Crippen LogP contribution is -2.24. The largest absolute Gasteiger partial charge is 0.497 e. The second-order valence-corrected chi connectivity index (χ2v) is 5.94. The normalized spacial score (nSPS) is 21.0. The maximum atomic E-state index is 13.8. The Bertz CT molecular complexity index is 553. The number of halogens is 1. The molecule has 6 nitrogen and oxygen atoms in total. The molecule has 2 N–H and O–H groups in total. The maximum Gasteiger partial charge on any atom is 0.327 e. The summed E-state index contributed by atoms with van der Waals surface area (Å²) in [7, 11) is 1.38. The first-order valence-electron chi connectivity index (χ1n) is 7.96. The summed E-state index contributed by atoms with van der Waals surface area (Å²) in [6.07, 6.45) is 5.46. The van der Waals surface area contributed by atoms with E-state index >= 15 is 0 Å². The number of hydrogen-bond acceptors (Lipinski definition) is 5. The van der Waals surface area contributed by atoms with Crippen LogP contribution in [0.25, 0.3) is 0 Å². The highest BCUT2D eigenvalue weighted by Gasteiger charge is 2.24. The summed E-state index contributed by atoms with van der Waals surface area (Å²) in [5.74, 6) is -0.388. The van der Waals surface area contributed by atoms with Gasteiger partial charge in [-0.25, -0.2) is 0 Å². The Balaban J connectivity index is 1.94. The molecule has 0 bridgehead atoms. The van der Waals surface area contributed by atoms with Crippen LogP contribution in [0.5, 0.6) is 5.75 Å². The predicted molar refractivity (Wildman–Crippen MR) is 85.3 cm³/mol. The second-order valence-electron chi connectivity index (χ2n) is 5.94. The number of ether oxygens (including phenoxy) is 1. The van der Waals surface area contributed by atoms with Gasteiger partial charge in [0.1, 0.15) is 11.4 Å². The zero-order chi connectivity index (χ0) is 16.8. The minimum atomic E-state index is -0.917. The summed E-state index contributed by atoms with van der Waals surface area (Å²) in [5.41, 5.74) is -0.445. The lowest BCUT2D eigenvalue weighted by atomic mass is 9.83. The zero-order valence-corrected chi connectivity index (χ0v) is 13.3. The molecule has 1 aliphatic rings. The highest BCUT2D eigenvalue weighted by Crippen LogP contribution is 2.33. The Hall–Kier alpha value is -1.89. The van der Waals surface area contributed by atoms with Gasteiger partial charge < -0.3 is 15.2 Å². The van der Waals surface area contributed by atoms with E-state index in [1.807, 2.05) is 0 Å². The van der Waals surface area contributed by atoms with Gasteiger partial charge in [0.05, 0.1) is 18.1 Å². The van der Waals surface area contributed by atoms with Gasteiger partial charge in [0.2, 0.25) is 5.82 Å². The Morgan fingerprint density at radius 3 is 2.83 bits per heavy atom. The number of aliphatic hydroxyl groups is 1. The summed E-state index contributed by atoms with van der Waals surface area (Å²) in [6.45, 7) is 0.483. The molecule has 0 heterocycles. The summed E-state index contributed by atoms with van der Waals surface area (Å²) in [5, 5.41) is 23.9. The van der Waals surface area contributed by atoms with Crippen molar-refractivity contribution < 1.29 is 19.2 Å². The van der Waals surface area contributed by atoms with E-state index in [2.05, 4.69) is 5.32 Å². The second kappa shape index (κ2) is 8.10. The van der Waals surface area contributed by atoms with Gasteiger partial charge in [-0.3, -0.25) is 10.1 Å². The van der Waals surface area contributed by atoms with Crippen LogP contribution in [-0.4, -0.2) is 29.8 Å². The van der Waals surface area contributed by atoms with Crippen LogP contribution >= 0.6 is 0 Å². The molecule has 1 aromatic carbocycles. The molecular formula is C16H23FN2O4. The van der Waals surface area contributed by atoms with Crippen molar-refractivity contribution in [3.8, 4) is 5.75 Å². The van der Waals surface area contributed by atoms with Gasteiger partial charge in [-0.05, 0) is 31.6 Å². The first-order chi connectivity index (χ1) is 11.0. The molecule has 2 atom stereocenters. The standard InChI is InChI=1S/C16H23FN2O4/c1-23-12-9-13(17)16(19(21)22)14(10-12)18-8-4-6-11-5-2-3-7-15(11)20/h9-11,15,18,20H,2-8H2,1H3. The van der Waals surface area contributed by atoms with Crippen molar-refractivity contribution in [3.05, 3.63) is 28.1 Å². The lowest BCUT2D eigenvalue weighted by Gasteiger charge is -2.27. The maximum absolute atomic E-state index is 13.8. The quantitative estimate of drug-likeness (QED) is 0.455. The van der Waals surface area contributed by atoms with E-state index in [0.717, 1.165) is 44.6 Å². The van der Waals surface area contributed by atoms with Crippen LogP contribution in [-0.2, 0) is 0 Å². The molecule has 23 heavy (non-hydrogen) atoms. The van der Waals surface area contributed by atoms with Gasteiger partial charge in [-0.15, -0.1) is 0 Å².